The topological polar surface area (TPSA) is 106 Å². The van der Waals surface area contributed by atoms with Crippen LogP contribution in [0.4, 0.5) is 8.78 Å². The van der Waals surface area contributed by atoms with Gasteiger partial charge in [0.15, 0.2) is 28.1 Å². The van der Waals surface area contributed by atoms with Crippen LogP contribution in [0.15, 0.2) is 89.0 Å². The normalized spacial score (nSPS) is 11.6. The standard InChI is InChI=1S/C26H18F2N4O3S/c27-21-10-7-17(13-22(21)28)23-2-1-3-25(31-23)36(34,35)20-8-4-16(5-9-20)6-11-24(33)18-12-19-15-30-32-26(19)29-14-18/h1-5,7-10,12-15H,6,11H2,(H,29,30,32). The van der Waals surface area contributed by atoms with E-state index in [4.69, 9.17) is 0 Å². The molecule has 0 aliphatic carbocycles. The number of hydrogen-bond acceptors (Lipinski definition) is 6. The van der Waals surface area contributed by atoms with Gasteiger partial charge in [-0.15, -0.1) is 0 Å². The van der Waals surface area contributed by atoms with Crippen molar-refractivity contribution in [1.82, 2.24) is 20.2 Å². The number of benzene rings is 2. The second-order valence-electron chi connectivity index (χ2n) is 8.09. The van der Waals surface area contributed by atoms with Crippen LogP contribution in [0.25, 0.3) is 22.3 Å². The van der Waals surface area contributed by atoms with E-state index >= 15 is 0 Å². The number of Topliss-reactive ketones (excluding diaryl/α,β-unsaturated/α-hetero) is 1. The fourth-order valence-corrected chi connectivity index (χ4v) is 4.94. The van der Waals surface area contributed by atoms with Crippen molar-refractivity contribution in [3.63, 3.8) is 0 Å². The molecule has 5 aromatic rings. The van der Waals surface area contributed by atoms with Crippen LogP contribution >= 0.6 is 0 Å². The van der Waals surface area contributed by atoms with Gasteiger partial charge in [0.25, 0.3) is 0 Å². The minimum Gasteiger partial charge on any atom is -0.294 e. The summed E-state index contributed by atoms with van der Waals surface area (Å²) >= 11 is 0. The highest BCUT2D eigenvalue weighted by Gasteiger charge is 2.20. The number of sulfone groups is 1. The van der Waals surface area contributed by atoms with E-state index in [2.05, 4.69) is 20.2 Å². The van der Waals surface area contributed by atoms with Crippen molar-refractivity contribution in [2.24, 2.45) is 0 Å². The average molecular weight is 505 g/mol. The summed E-state index contributed by atoms with van der Waals surface area (Å²) in [4.78, 5) is 20.9. The number of halogens is 2. The zero-order chi connectivity index (χ0) is 25.3. The summed E-state index contributed by atoms with van der Waals surface area (Å²) in [5, 5.41) is 7.16. The number of nitrogens with zero attached hydrogens (tertiary/aromatic N) is 3. The van der Waals surface area contributed by atoms with Crippen molar-refractivity contribution in [3.05, 3.63) is 102 Å². The van der Waals surface area contributed by atoms with E-state index in [1.807, 2.05) is 0 Å². The minimum absolute atomic E-state index is 0.0297. The van der Waals surface area contributed by atoms with Crippen molar-refractivity contribution >= 4 is 26.7 Å². The molecular weight excluding hydrogens is 486 g/mol. The molecule has 0 unspecified atom stereocenters. The number of H-pyrrole nitrogens is 1. The lowest BCUT2D eigenvalue weighted by atomic mass is 10.0. The number of carbonyl (C=O) groups excluding carboxylic acids is 1. The fourth-order valence-electron chi connectivity index (χ4n) is 3.73. The maximum atomic E-state index is 13.6. The number of hydrogen-bond donors (Lipinski definition) is 1. The highest BCUT2D eigenvalue weighted by atomic mass is 32.2. The van der Waals surface area contributed by atoms with Crippen molar-refractivity contribution in [2.75, 3.05) is 0 Å². The van der Waals surface area contributed by atoms with E-state index in [9.17, 15) is 22.0 Å². The van der Waals surface area contributed by atoms with Gasteiger partial charge < -0.3 is 0 Å². The van der Waals surface area contributed by atoms with Crippen molar-refractivity contribution in [1.29, 1.82) is 0 Å². The number of aromatic nitrogens is 4. The largest absolute Gasteiger partial charge is 0.294 e. The quantitative estimate of drug-likeness (QED) is 0.315. The zero-order valence-corrected chi connectivity index (χ0v) is 19.5. The third-order valence-corrected chi connectivity index (χ3v) is 7.37. The van der Waals surface area contributed by atoms with Crippen LogP contribution in [0.5, 0.6) is 0 Å². The van der Waals surface area contributed by atoms with E-state index < -0.39 is 21.5 Å². The van der Waals surface area contributed by atoms with Gasteiger partial charge in [-0.25, -0.2) is 27.2 Å². The van der Waals surface area contributed by atoms with Gasteiger partial charge in [0.05, 0.1) is 16.8 Å². The van der Waals surface area contributed by atoms with E-state index in [1.165, 1.54) is 42.6 Å². The minimum atomic E-state index is -3.96. The number of nitrogens with one attached hydrogen (secondary N) is 1. The molecule has 3 aromatic heterocycles. The van der Waals surface area contributed by atoms with Crippen LogP contribution in [0.2, 0.25) is 0 Å². The Hall–Kier alpha value is -4.31. The Labute approximate surface area is 204 Å². The van der Waals surface area contributed by atoms with Crippen molar-refractivity contribution in [2.45, 2.75) is 22.8 Å². The summed E-state index contributed by atoms with van der Waals surface area (Å²) in [5.41, 5.74) is 2.34. The highest BCUT2D eigenvalue weighted by Crippen LogP contribution is 2.25. The predicted octanol–water partition coefficient (Wildman–Crippen LogP) is 4.95. The van der Waals surface area contributed by atoms with Crippen LogP contribution in [-0.2, 0) is 16.3 Å². The number of aryl methyl sites for hydroxylation is 1. The SMILES string of the molecule is O=C(CCc1ccc(S(=O)(=O)c2cccc(-c3ccc(F)c(F)c3)n2)cc1)c1cnc2[nH]ncc2c1. The lowest BCUT2D eigenvalue weighted by Gasteiger charge is -2.08. The number of fused-ring (bicyclic) bond motifs is 1. The molecule has 180 valence electrons. The summed E-state index contributed by atoms with van der Waals surface area (Å²) in [6.45, 7) is 0. The first-order valence-corrected chi connectivity index (χ1v) is 12.4. The Bertz CT molecular complexity index is 1700. The number of aromatic amines is 1. The summed E-state index contributed by atoms with van der Waals surface area (Å²) in [5.74, 6) is -2.13. The average Bonchev–Trinajstić information content (AvgIpc) is 3.37. The molecule has 0 atom stereocenters. The maximum absolute atomic E-state index is 13.6. The van der Waals surface area contributed by atoms with E-state index in [0.717, 1.165) is 23.1 Å². The molecule has 0 saturated heterocycles. The molecule has 0 bridgehead atoms. The second kappa shape index (κ2) is 9.38. The third-order valence-electron chi connectivity index (χ3n) is 5.70. The third kappa shape index (κ3) is 4.63. The van der Waals surface area contributed by atoms with Gasteiger partial charge in [-0.1, -0.05) is 18.2 Å². The maximum Gasteiger partial charge on any atom is 0.223 e. The lowest BCUT2D eigenvalue weighted by molar-refractivity contribution is 0.0982. The van der Waals surface area contributed by atoms with E-state index in [1.54, 1.807) is 24.4 Å². The lowest BCUT2D eigenvalue weighted by Crippen LogP contribution is -2.06. The predicted molar refractivity (Wildman–Crippen MR) is 128 cm³/mol. The molecule has 7 nitrogen and oxygen atoms in total. The first kappa shape index (κ1) is 23.4. The number of ketones is 1. The number of pyridine rings is 2. The summed E-state index contributed by atoms with van der Waals surface area (Å²) in [6, 6.07) is 15.6. The van der Waals surface area contributed by atoms with Crippen LogP contribution in [0.3, 0.4) is 0 Å². The Morgan fingerprint density at radius 2 is 1.72 bits per heavy atom. The molecule has 2 aromatic carbocycles. The van der Waals surface area contributed by atoms with Gasteiger partial charge >= 0.3 is 0 Å². The van der Waals surface area contributed by atoms with Gasteiger partial charge in [0.1, 0.15) is 0 Å². The molecule has 10 heteroatoms. The van der Waals surface area contributed by atoms with Gasteiger partial charge in [-0.2, -0.15) is 5.10 Å². The van der Waals surface area contributed by atoms with Gasteiger partial charge in [0, 0.05) is 29.1 Å². The first-order valence-electron chi connectivity index (χ1n) is 10.9. The molecule has 0 spiro atoms. The van der Waals surface area contributed by atoms with E-state index in [-0.39, 0.29) is 33.4 Å². The van der Waals surface area contributed by atoms with E-state index in [0.29, 0.717) is 17.6 Å². The molecule has 1 N–H and O–H groups in total. The molecule has 0 aliphatic rings. The smallest absolute Gasteiger partial charge is 0.223 e. The molecule has 5 rings (SSSR count). The molecule has 0 aliphatic heterocycles. The monoisotopic (exact) mass is 504 g/mol. The fraction of sp³-hybridized carbons (Fsp3) is 0.0769. The molecule has 0 amide bonds. The van der Waals surface area contributed by atoms with Crippen LogP contribution in [0.1, 0.15) is 22.3 Å². The summed E-state index contributed by atoms with van der Waals surface area (Å²) in [7, 11) is -3.96. The Morgan fingerprint density at radius 3 is 2.50 bits per heavy atom. The van der Waals surface area contributed by atoms with Crippen LogP contribution in [0, 0.1) is 11.6 Å². The van der Waals surface area contributed by atoms with Crippen LogP contribution < -0.4 is 0 Å². The molecule has 36 heavy (non-hydrogen) atoms. The highest BCUT2D eigenvalue weighted by molar-refractivity contribution is 7.91. The summed E-state index contributed by atoms with van der Waals surface area (Å²) in [6.07, 6.45) is 3.75. The Balaban J connectivity index is 1.31. The second-order valence-corrected chi connectivity index (χ2v) is 9.99. The van der Waals surface area contributed by atoms with Gasteiger partial charge in [0.2, 0.25) is 9.84 Å². The van der Waals surface area contributed by atoms with Gasteiger partial charge in [-0.05, 0) is 60.5 Å². The molecular formula is C26H18F2N4O3S. The number of rotatable bonds is 7. The molecule has 0 fully saturated rings. The van der Waals surface area contributed by atoms with Gasteiger partial charge in [-0.3, -0.25) is 9.89 Å². The molecule has 0 radical (unpaired) electrons. The molecule has 0 saturated carbocycles. The summed E-state index contributed by atoms with van der Waals surface area (Å²) < 4.78 is 53.1. The zero-order valence-electron chi connectivity index (χ0n) is 18.7. The molecule has 3 heterocycles. The van der Waals surface area contributed by atoms with Crippen molar-refractivity contribution in [3.8, 4) is 11.3 Å². The number of carbonyl (C=O) groups is 1. The van der Waals surface area contributed by atoms with Crippen LogP contribution in [-0.4, -0.2) is 34.4 Å². The Morgan fingerprint density at radius 1 is 0.917 bits per heavy atom. The van der Waals surface area contributed by atoms with Crippen molar-refractivity contribution < 1.29 is 22.0 Å². The first-order chi connectivity index (χ1) is 17.3. The Kier molecular flexibility index (Phi) is 6.11.